The number of hydrogen-bond donors (Lipinski definition) is 0. The van der Waals surface area contributed by atoms with E-state index in [1.54, 1.807) is 0 Å². The standard InChI is InChI=1S/C5H7Cl4NO2S/c1-13(11,12)10-3-2-4(6,7)5(10,8)9/h2-3H2,1H3. The van der Waals surface area contributed by atoms with Gasteiger partial charge in [-0.05, 0) is 6.42 Å². The second-order valence-electron chi connectivity index (χ2n) is 2.83. The van der Waals surface area contributed by atoms with Crippen LogP contribution in [0.25, 0.3) is 0 Å². The van der Waals surface area contributed by atoms with Gasteiger partial charge >= 0.3 is 0 Å². The molecule has 0 amide bonds. The van der Waals surface area contributed by atoms with Crippen LogP contribution < -0.4 is 0 Å². The van der Waals surface area contributed by atoms with Gasteiger partial charge in [0.05, 0.1) is 6.26 Å². The zero-order valence-corrected chi connectivity index (χ0v) is 10.4. The molecule has 0 spiro atoms. The predicted molar refractivity (Wildman–Crippen MR) is 55.0 cm³/mol. The van der Waals surface area contributed by atoms with Crippen LogP contribution in [0.1, 0.15) is 6.42 Å². The van der Waals surface area contributed by atoms with Crippen LogP contribution in [0.2, 0.25) is 0 Å². The van der Waals surface area contributed by atoms with Crippen LogP contribution in [-0.2, 0) is 10.0 Å². The summed E-state index contributed by atoms with van der Waals surface area (Å²) in [6.07, 6.45) is 1.21. The maximum atomic E-state index is 11.2. The molecule has 0 saturated carbocycles. The van der Waals surface area contributed by atoms with Crippen LogP contribution >= 0.6 is 46.4 Å². The van der Waals surface area contributed by atoms with Crippen LogP contribution in [0.15, 0.2) is 0 Å². The van der Waals surface area contributed by atoms with E-state index in [2.05, 4.69) is 0 Å². The van der Waals surface area contributed by atoms with Crippen molar-refractivity contribution in [2.45, 2.75) is 15.2 Å². The van der Waals surface area contributed by atoms with E-state index in [0.29, 0.717) is 0 Å². The van der Waals surface area contributed by atoms with E-state index in [9.17, 15) is 8.42 Å². The van der Waals surface area contributed by atoms with Gasteiger partial charge in [-0.25, -0.2) is 8.42 Å². The van der Waals surface area contributed by atoms with Gasteiger partial charge < -0.3 is 0 Å². The fourth-order valence-electron chi connectivity index (χ4n) is 1.09. The molecule has 1 rings (SSSR count). The van der Waals surface area contributed by atoms with Crippen molar-refractivity contribution in [3.05, 3.63) is 0 Å². The van der Waals surface area contributed by atoms with Crippen LogP contribution in [0.5, 0.6) is 0 Å². The second kappa shape index (κ2) is 3.29. The zero-order valence-electron chi connectivity index (χ0n) is 6.60. The molecule has 1 aliphatic rings. The lowest BCUT2D eigenvalue weighted by Crippen LogP contribution is -2.45. The highest BCUT2D eigenvalue weighted by molar-refractivity contribution is 7.88. The summed E-state index contributed by atoms with van der Waals surface area (Å²) in [5.41, 5.74) is 0. The highest BCUT2D eigenvalue weighted by atomic mass is 35.5. The monoisotopic (exact) mass is 285 g/mol. The molecule has 1 heterocycles. The van der Waals surface area contributed by atoms with Crippen molar-refractivity contribution < 1.29 is 8.42 Å². The molecule has 0 bridgehead atoms. The van der Waals surface area contributed by atoms with Crippen molar-refractivity contribution in [3.63, 3.8) is 0 Å². The van der Waals surface area contributed by atoms with Crippen LogP contribution in [-0.4, -0.2) is 34.3 Å². The molecule has 0 aromatic heterocycles. The van der Waals surface area contributed by atoms with Crippen molar-refractivity contribution in [1.29, 1.82) is 0 Å². The molecular formula is C5H7Cl4NO2S. The van der Waals surface area contributed by atoms with E-state index in [0.717, 1.165) is 10.6 Å². The molecule has 1 aliphatic heterocycles. The SMILES string of the molecule is CS(=O)(=O)N1CCC(Cl)(Cl)C1(Cl)Cl. The van der Waals surface area contributed by atoms with E-state index in [1.807, 2.05) is 0 Å². The first kappa shape index (κ1) is 12.1. The zero-order chi connectivity index (χ0) is 10.5. The van der Waals surface area contributed by atoms with E-state index in [1.165, 1.54) is 0 Å². The van der Waals surface area contributed by atoms with Gasteiger partial charge in [0.25, 0.3) is 0 Å². The lowest BCUT2D eigenvalue weighted by molar-refractivity contribution is 0.428. The Bertz CT molecular complexity index is 312. The lowest BCUT2D eigenvalue weighted by Gasteiger charge is -2.30. The van der Waals surface area contributed by atoms with Gasteiger partial charge in [-0.2, -0.15) is 4.31 Å². The normalized spacial score (nSPS) is 27.8. The third-order valence-corrected chi connectivity index (χ3v) is 5.61. The second-order valence-corrected chi connectivity index (χ2v) is 7.51. The van der Waals surface area contributed by atoms with Gasteiger partial charge in [-0.15, -0.1) is 0 Å². The molecule has 0 unspecified atom stereocenters. The number of alkyl halides is 4. The van der Waals surface area contributed by atoms with Gasteiger partial charge in [-0.1, -0.05) is 46.4 Å². The molecule has 0 radical (unpaired) electrons. The van der Waals surface area contributed by atoms with Gasteiger partial charge in [0.15, 0.2) is 4.33 Å². The van der Waals surface area contributed by atoms with Gasteiger partial charge in [0.1, 0.15) is 0 Å². The minimum absolute atomic E-state index is 0.124. The van der Waals surface area contributed by atoms with E-state index in [4.69, 9.17) is 46.4 Å². The quantitative estimate of drug-likeness (QED) is 0.546. The molecule has 0 atom stereocenters. The molecule has 0 aliphatic carbocycles. The molecule has 1 fully saturated rings. The minimum Gasteiger partial charge on any atom is -0.212 e. The molecule has 13 heavy (non-hydrogen) atoms. The molecule has 0 aromatic rings. The Balaban J connectivity index is 3.10. The number of halogens is 4. The van der Waals surface area contributed by atoms with E-state index in [-0.39, 0.29) is 13.0 Å². The summed E-state index contributed by atoms with van der Waals surface area (Å²) in [5, 5.41) is 0. The molecule has 3 nitrogen and oxygen atoms in total. The summed E-state index contributed by atoms with van der Waals surface area (Å²) in [5.74, 6) is 0. The largest absolute Gasteiger partial charge is 0.216 e. The predicted octanol–water partition coefficient (Wildman–Crippen LogP) is 1.96. The third-order valence-electron chi connectivity index (χ3n) is 1.78. The summed E-state index contributed by atoms with van der Waals surface area (Å²) in [4.78, 5) is 0. The Morgan fingerprint density at radius 2 is 1.69 bits per heavy atom. The first-order chi connectivity index (χ1) is 5.59. The number of nitrogens with zero attached hydrogens (tertiary/aromatic N) is 1. The third kappa shape index (κ3) is 2.03. The first-order valence-electron chi connectivity index (χ1n) is 3.32. The van der Waals surface area contributed by atoms with Crippen molar-refractivity contribution in [1.82, 2.24) is 4.31 Å². The van der Waals surface area contributed by atoms with E-state index >= 15 is 0 Å². The van der Waals surface area contributed by atoms with Gasteiger partial charge in [-0.3, -0.25) is 0 Å². The highest BCUT2D eigenvalue weighted by Gasteiger charge is 2.59. The maximum absolute atomic E-state index is 11.2. The van der Waals surface area contributed by atoms with Crippen molar-refractivity contribution >= 4 is 56.4 Å². The summed E-state index contributed by atoms with van der Waals surface area (Å²) in [7, 11) is -3.48. The van der Waals surface area contributed by atoms with Crippen molar-refractivity contribution in [3.8, 4) is 0 Å². The average Bonchev–Trinajstić information content (AvgIpc) is 2.00. The Morgan fingerprint density at radius 1 is 1.23 bits per heavy atom. The molecule has 8 heteroatoms. The molecular weight excluding hydrogens is 280 g/mol. The summed E-state index contributed by atoms with van der Waals surface area (Å²) in [6.45, 7) is 0.124. The number of sulfonamides is 1. The Labute approximate surface area is 96.9 Å². The van der Waals surface area contributed by atoms with Crippen molar-refractivity contribution in [2.24, 2.45) is 0 Å². The summed E-state index contributed by atoms with van der Waals surface area (Å²) >= 11 is 23.0. The van der Waals surface area contributed by atoms with Crippen LogP contribution in [0.4, 0.5) is 0 Å². The Morgan fingerprint density at radius 3 is 1.85 bits per heavy atom. The molecule has 0 N–H and O–H groups in total. The number of rotatable bonds is 1. The average molecular weight is 287 g/mol. The summed E-state index contributed by atoms with van der Waals surface area (Å²) < 4.78 is 20.0. The van der Waals surface area contributed by atoms with Crippen LogP contribution in [0.3, 0.4) is 0 Å². The minimum atomic E-state index is -3.48. The Hall–Kier alpha value is 1.07. The highest BCUT2D eigenvalue weighted by Crippen LogP contribution is 2.52. The fourth-order valence-corrected chi connectivity index (χ4v) is 3.67. The topological polar surface area (TPSA) is 37.4 Å². The summed E-state index contributed by atoms with van der Waals surface area (Å²) in [6, 6.07) is 0. The smallest absolute Gasteiger partial charge is 0.212 e. The van der Waals surface area contributed by atoms with Gasteiger partial charge in [0, 0.05) is 6.54 Å². The first-order valence-corrected chi connectivity index (χ1v) is 6.68. The fraction of sp³-hybridized carbons (Fsp3) is 1.00. The van der Waals surface area contributed by atoms with Gasteiger partial charge in [0.2, 0.25) is 14.5 Å². The van der Waals surface area contributed by atoms with Crippen LogP contribution in [0, 0.1) is 0 Å². The maximum Gasteiger partial charge on any atom is 0.216 e. The number of hydrogen-bond acceptors (Lipinski definition) is 2. The van der Waals surface area contributed by atoms with Crippen molar-refractivity contribution in [2.75, 3.05) is 12.8 Å². The van der Waals surface area contributed by atoms with E-state index < -0.39 is 18.8 Å². The lowest BCUT2D eigenvalue weighted by atomic mass is 10.4. The molecule has 1 saturated heterocycles. The Kier molecular flexibility index (Phi) is 3.07. The molecule has 0 aromatic carbocycles. The molecule has 78 valence electrons.